The number of unbranched alkanes of at least 4 members (excludes halogenated alkanes) is 10. The van der Waals surface area contributed by atoms with E-state index in [0.717, 1.165) is 24.3 Å². The average Bonchev–Trinajstić information content (AvgIpc) is 3.29. The highest BCUT2D eigenvalue weighted by Crippen LogP contribution is 2.16. The maximum absolute atomic E-state index is 5.79. The fourth-order valence-corrected chi connectivity index (χ4v) is 6.24. The molecule has 0 bridgehead atoms. The second-order valence-electron chi connectivity index (χ2n) is 15.1. The van der Waals surface area contributed by atoms with Crippen LogP contribution >= 0.6 is 0 Å². The van der Waals surface area contributed by atoms with Crippen molar-refractivity contribution in [1.29, 1.82) is 0 Å². The number of ether oxygens (including phenoxy) is 12. The molecule has 2 rings (SSSR count). The number of hydrogen-bond acceptors (Lipinski definition) is 12. The van der Waals surface area contributed by atoms with Crippen molar-refractivity contribution in [2.75, 3.05) is 145 Å². The van der Waals surface area contributed by atoms with E-state index in [4.69, 9.17) is 56.8 Å². The molecule has 0 N–H and O–H groups in total. The summed E-state index contributed by atoms with van der Waals surface area (Å²) in [7, 11) is 0. The van der Waals surface area contributed by atoms with Crippen molar-refractivity contribution in [3.8, 4) is 11.5 Å². The highest BCUT2D eigenvalue weighted by Gasteiger charge is 2.01. The summed E-state index contributed by atoms with van der Waals surface area (Å²) in [6, 6.07) is 16.9. The molecular weight excluding hydrogens is 793 g/mol. The van der Waals surface area contributed by atoms with Gasteiger partial charge in [-0.15, -0.1) is 0 Å². The maximum Gasteiger partial charge on any atom is 0.119 e. The van der Waals surface area contributed by atoms with E-state index in [9.17, 15) is 0 Å². The third-order valence-electron chi connectivity index (χ3n) is 9.83. The standard InChI is InChI=1S/C50H86O12/c1-3-5-7-9-11-13-15-47-17-21-49(22-18-47)61-45-43-59-41-39-57-37-35-55-33-31-53-29-27-51-25-26-52-28-30-54-32-34-56-36-38-58-40-42-60-44-46-62-50-23-19-48(20-24-50)16-14-12-10-8-6-4-2/h17-24H,3-16,25-46H2,1-2H3. The maximum atomic E-state index is 5.79. The Kier molecular flexibility index (Phi) is 40.7. The second kappa shape index (κ2) is 45.2. The van der Waals surface area contributed by atoms with Crippen molar-refractivity contribution in [2.24, 2.45) is 0 Å². The third-order valence-corrected chi connectivity index (χ3v) is 9.83. The molecule has 0 aliphatic carbocycles. The first kappa shape index (κ1) is 55.8. The van der Waals surface area contributed by atoms with Crippen molar-refractivity contribution in [3.63, 3.8) is 0 Å². The van der Waals surface area contributed by atoms with E-state index in [1.165, 1.54) is 88.2 Å². The van der Waals surface area contributed by atoms with Gasteiger partial charge in [-0.1, -0.05) is 102 Å². The number of benzene rings is 2. The van der Waals surface area contributed by atoms with Gasteiger partial charge in [0.05, 0.1) is 132 Å². The van der Waals surface area contributed by atoms with Crippen LogP contribution in [0.4, 0.5) is 0 Å². The van der Waals surface area contributed by atoms with Crippen molar-refractivity contribution >= 4 is 0 Å². The predicted octanol–water partition coefficient (Wildman–Crippen LogP) is 9.12. The van der Waals surface area contributed by atoms with E-state index < -0.39 is 0 Å². The molecule has 0 spiro atoms. The van der Waals surface area contributed by atoms with Gasteiger partial charge in [0, 0.05) is 0 Å². The molecular formula is C50H86O12. The van der Waals surface area contributed by atoms with Crippen LogP contribution in [0, 0.1) is 0 Å². The highest BCUT2D eigenvalue weighted by atomic mass is 16.6. The Bertz CT molecular complexity index is 1080. The number of rotatable bonds is 49. The quantitative estimate of drug-likeness (QED) is 0.0592. The van der Waals surface area contributed by atoms with E-state index in [-0.39, 0.29) is 0 Å². The zero-order valence-electron chi connectivity index (χ0n) is 39.0. The van der Waals surface area contributed by atoms with Gasteiger partial charge >= 0.3 is 0 Å². The Hall–Kier alpha value is -2.36. The first-order chi connectivity index (χ1) is 30.8. The minimum atomic E-state index is 0.511. The van der Waals surface area contributed by atoms with Gasteiger partial charge in [-0.3, -0.25) is 0 Å². The molecule has 0 fully saturated rings. The Morgan fingerprint density at radius 2 is 0.452 bits per heavy atom. The van der Waals surface area contributed by atoms with E-state index in [1.54, 1.807) is 0 Å². The molecule has 0 saturated carbocycles. The number of aryl methyl sites for hydroxylation is 2. The largest absolute Gasteiger partial charge is 0.491 e. The lowest BCUT2D eigenvalue weighted by Crippen LogP contribution is -2.15. The zero-order chi connectivity index (χ0) is 43.9. The van der Waals surface area contributed by atoms with Gasteiger partial charge in [-0.05, 0) is 61.1 Å². The predicted molar refractivity (Wildman–Crippen MR) is 246 cm³/mol. The van der Waals surface area contributed by atoms with Crippen molar-refractivity contribution in [2.45, 2.75) is 104 Å². The molecule has 358 valence electrons. The Balaban J connectivity index is 1.17. The van der Waals surface area contributed by atoms with Gasteiger partial charge in [-0.2, -0.15) is 0 Å². The first-order valence-electron chi connectivity index (χ1n) is 24.0. The summed E-state index contributed by atoms with van der Waals surface area (Å²) in [6.07, 6.45) is 18.2. The van der Waals surface area contributed by atoms with Gasteiger partial charge in [0.1, 0.15) is 24.7 Å². The summed E-state index contributed by atoms with van der Waals surface area (Å²) < 4.78 is 67.1. The number of hydrogen-bond donors (Lipinski definition) is 0. The molecule has 0 aromatic heterocycles. The SMILES string of the molecule is CCCCCCCCc1ccc(OCCOCCOCCOCCOCCOCCOCCOCCOCCOCCOCCOc2ccc(CCCCCCCC)cc2)cc1. The molecule has 0 radical (unpaired) electrons. The van der Waals surface area contributed by atoms with Crippen LogP contribution in [0.5, 0.6) is 11.5 Å². The van der Waals surface area contributed by atoms with Crippen LogP contribution in [0.3, 0.4) is 0 Å². The molecule has 62 heavy (non-hydrogen) atoms. The molecule has 2 aromatic rings. The molecule has 12 nitrogen and oxygen atoms in total. The lowest BCUT2D eigenvalue weighted by atomic mass is 10.0. The monoisotopic (exact) mass is 879 g/mol. The lowest BCUT2D eigenvalue weighted by molar-refractivity contribution is -0.0269. The van der Waals surface area contributed by atoms with Crippen LogP contribution in [0.15, 0.2) is 48.5 Å². The van der Waals surface area contributed by atoms with Gasteiger partial charge < -0.3 is 56.8 Å². The summed E-state index contributed by atoms with van der Waals surface area (Å²) in [5.41, 5.74) is 2.76. The van der Waals surface area contributed by atoms with Crippen LogP contribution in [0.25, 0.3) is 0 Å². The van der Waals surface area contributed by atoms with E-state index in [1.807, 2.05) is 0 Å². The molecule has 0 atom stereocenters. The average molecular weight is 879 g/mol. The Labute approximate surface area is 376 Å². The fourth-order valence-electron chi connectivity index (χ4n) is 6.24. The molecule has 0 amide bonds. The summed E-state index contributed by atoms with van der Waals surface area (Å²) in [5.74, 6) is 1.77. The zero-order valence-corrected chi connectivity index (χ0v) is 39.0. The minimum Gasteiger partial charge on any atom is -0.491 e. The van der Waals surface area contributed by atoms with Gasteiger partial charge in [0.15, 0.2) is 0 Å². The summed E-state index contributed by atoms with van der Waals surface area (Å²) >= 11 is 0. The Morgan fingerprint density at radius 1 is 0.242 bits per heavy atom. The summed E-state index contributed by atoms with van der Waals surface area (Å²) in [4.78, 5) is 0. The van der Waals surface area contributed by atoms with E-state index >= 15 is 0 Å². The van der Waals surface area contributed by atoms with Crippen LogP contribution in [-0.2, 0) is 60.2 Å². The summed E-state index contributed by atoms with van der Waals surface area (Å²) in [6.45, 7) is 15.9. The van der Waals surface area contributed by atoms with Crippen LogP contribution in [0.2, 0.25) is 0 Å². The van der Waals surface area contributed by atoms with Crippen LogP contribution in [-0.4, -0.2) is 145 Å². The molecule has 0 aliphatic heterocycles. The second-order valence-corrected chi connectivity index (χ2v) is 15.1. The molecule has 0 aliphatic rings. The minimum absolute atomic E-state index is 0.511. The third kappa shape index (κ3) is 37.1. The van der Waals surface area contributed by atoms with Crippen LogP contribution in [0.1, 0.15) is 102 Å². The lowest BCUT2D eigenvalue weighted by Gasteiger charge is -2.09. The van der Waals surface area contributed by atoms with Gasteiger partial charge in [0.25, 0.3) is 0 Å². The van der Waals surface area contributed by atoms with Crippen molar-refractivity contribution < 1.29 is 56.8 Å². The first-order valence-corrected chi connectivity index (χ1v) is 24.0. The smallest absolute Gasteiger partial charge is 0.119 e. The normalized spacial score (nSPS) is 11.5. The van der Waals surface area contributed by atoms with Crippen molar-refractivity contribution in [1.82, 2.24) is 0 Å². The van der Waals surface area contributed by atoms with Gasteiger partial charge in [-0.25, -0.2) is 0 Å². The molecule has 0 heterocycles. The van der Waals surface area contributed by atoms with E-state index in [0.29, 0.717) is 145 Å². The Morgan fingerprint density at radius 3 is 0.694 bits per heavy atom. The van der Waals surface area contributed by atoms with Crippen molar-refractivity contribution in [3.05, 3.63) is 59.7 Å². The molecule has 0 unspecified atom stereocenters. The highest BCUT2D eigenvalue weighted by molar-refractivity contribution is 5.28. The molecule has 12 heteroatoms. The summed E-state index contributed by atoms with van der Waals surface area (Å²) in [5, 5.41) is 0. The van der Waals surface area contributed by atoms with E-state index in [2.05, 4.69) is 62.4 Å². The molecule has 0 saturated heterocycles. The molecule has 2 aromatic carbocycles. The topological polar surface area (TPSA) is 111 Å². The fraction of sp³-hybridized carbons (Fsp3) is 0.760. The van der Waals surface area contributed by atoms with Gasteiger partial charge in [0.2, 0.25) is 0 Å². The van der Waals surface area contributed by atoms with Crippen LogP contribution < -0.4 is 9.47 Å².